The van der Waals surface area contributed by atoms with E-state index in [1.54, 1.807) is 0 Å². The van der Waals surface area contributed by atoms with E-state index in [9.17, 15) is 0 Å². The highest BCUT2D eigenvalue weighted by molar-refractivity contribution is 5.14. The quantitative estimate of drug-likeness (QED) is 0.758. The Morgan fingerprint density at radius 3 is 2.53 bits per heavy atom. The predicted octanol–water partition coefficient (Wildman–Crippen LogP) is 3.08. The van der Waals surface area contributed by atoms with Gasteiger partial charge < -0.3 is 10.2 Å². The largest absolute Gasteiger partial charge is 0.315 e. The van der Waals surface area contributed by atoms with Crippen LogP contribution in [0.2, 0.25) is 0 Å². The lowest BCUT2D eigenvalue weighted by Gasteiger charge is -2.31. The van der Waals surface area contributed by atoms with Crippen LogP contribution in [0.1, 0.15) is 37.7 Å². The first-order chi connectivity index (χ1) is 9.36. The third-order valence-electron chi connectivity index (χ3n) is 4.27. The monoisotopic (exact) mass is 260 g/mol. The van der Waals surface area contributed by atoms with Gasteiger partial charge in [0, 0.05) is 19.1 Å². The molecule has 0 saturated heterocycles. The molecule has 1 aromatic carbocycles. The predicted molar refractivity (Wildman–Crippen MR) is 82.5 cm³/mol. The number of nitrogens with zero attached hydrogens (tertiary/aromatic N) is 1. The van der Waals surface area contributed by atoms with Crippen molar-refractivity contribution in [2.45, 2.75) is 44.6 Å². The lowest BCUT2D eigenvalue weighted by atomic mass is 9.94. The number of rotatable bonds is 7. The van der Waals surface area contributed by atoms with E-state index in [4.69, 9.17) is 0 Å². The van der Waals surface area contributed by atoms with Crippen molar-refractivity contribution in [3.63, 3.8) is 0 Å². The molecule has 0 amide bonds. The van der Waals surface area contributed by atoms with Gasteiger partial charge in [-0.3, -0.25) is 0 Å². The molecule has 2 heteroatoms. The average Bonchev–Trinajstić information content (AvgIpc) is 2.49. The third-order valence-corrected chi connectivity index (χ3v) is 4.27. The first kappa shape index (κ1) is 14.5. The molecular weight excluding hydrogens is 232 g/mol. The van der Waals surface area contributed by atoms with Gasteiger partial charge in [-0.1, -0.05) is 49.6 Å². The number of hydrogen-bond acceptors (Lipinski definition) is 2. The van der Waals surface area contributed by atoms with Gasteiger partial charge in [-0.05, 0) is 38.4 Å². The minimum atomic E-state index is 0.838. The molecule has 0 spiro atoms. The van der Waals surface area contributed by atoms with Crippen LogP contribution in [0.15, 0.2) is 30.3 Å². The Morgan fingerprint density at radius 2 is 1.79 bits per heavy atom. The summed E-state index contributed by atoms with van der Waals surface area (Å²) in [6.45, 7) is 3.38. The topological polar surface area (TPSA) is 15.3 Å². The Labute approximate surface area is 118 Å². The smallest absolute Gasteiger partial charge is 0.0107 e. The van der Waals surface area contributed by atoms with Crippen LogP contribution in [0, 0.1) is 0 Å². The van der Waals surface area contributed by atoms with Crippen LogP contribution in [0.4, 0.5) is 0 Å². The molecule has 1 fully saturated rings. The van der Waals surface area contributed by atoms with E-state index < -0.39 is 0 Å². The molecule has 1 saturated carbocycles. The normalized spacial score (nSPS) is 16.9. The van der Waals surface area contributed by atoms with E-state index in [-0.39, 0.29) is 0 Å². The van der Waals surface area contributed by atoms with E-state index in [0.29, 0.717) is 0 Å². The van der Waals surface area contributed by atoms with Gasteiger partial charge in [0.2, 0.25) is 0 Å². The fraction of sp³-hybridized carbons (Fsp3) is 0.647. The fourth-order valence-electron chi connectivity index (χ4n) is 2.96. The molecule has 19 heavy (non-hydrogen) atoms. The van der Waals surface area contributed by atoms with E-state index >= 15 is 0 Å². The minimum Gasteiger partial charge on any atom is -0.315 e. The molecule has 1 aliphatic rings. The molecule has 1 aliphatic carbocycles. The van der Waals surface area contributed by atoms with E-state index in [1.165, 1.54) is 44.2 Å². The first-order valence-electron chi connectivity index (χ1n) is 7.81. The molecule has 0 aromatic heterocycles. The molecule has 2 rings (SSSR count). The second-order valence-corrected chi connectivity index (χ2v) is 5.76. The van der Waals surface area contributed by atoms with Gasteiger partial charge >= 0.3 is 0 Å². The highest BCUT2D eigenvalue weighted by Crippen LogP contribution is 2.21. The number of hydrogen-bond donors (Lipinski definition) is 1. The summed E-state index contributed by atoms with van der Waals surface area (Å²) in [6.07, 6.45) is 8.24. The Hall–Kier alpha value is -0.860. The summed E-state index contributed by atoms with van der Waals surface area (Å²) < 4.78 is 0. The molecule has 0 aliphatic heterocycles. The van der Waals surface area contributed by atoms with E-state index in [1.807, 2.05) is 0 Å². The summed E-state index contributed by atoms with van der Waals surface area (Å²) in [5.41, 5.74) is 1.43. The van der Waals surface area contributed by atoms with Crippen molar-refractivity contribution < 1.29 is 0 Å². The van der Waals surface area contributed by atoms with Gasteiger partial charge in [-0.2, -0.15) is 0 Å². The van der Waals surface area contributed by atoms with Crippen LogP contribution >= 0.6 is 0 Å². The van der Waals surface area contributed by atoms with Crippen molar-refractivity contribution in [3.05, 3.63) is 35.9 Å². The van der Waals surface area contributed by atoms with Gasteiger partial charge in [0.05, 0.1) is 0 Å². The SMILES string of the molecule is CN(CCNCCc1ccccc1)C1CCCCC1. The molecule has 1 N–H and O–H groups in total. The van der Waals surface area contributed by atoms with Gasteiger partial charge in [0.1, 0.15) is 0 Å². The van der Waals surface area contributed by atoms with Crippen LogP contribution in [-0.2, 0) is 6.42 Å². The molecule has 106 valence electrons. The zero-order chi connectivity index (χ0) is 13.3. The lowest BCUT2D eigenvalue weighted by molar-refractivity contribution is 0.192. The summed E-state index contributed by atoms with van der Waals surface area (Å²) >= 11 is 0. The van der Waals surface area contributed by atoms with E-state index in [2.05, 4.69) is 47.6 Å². The number of nitrogens with one attached hydrogen (secondary N) is 1. The summed E-state index contributed by atoms with van der Waals surface area (Å²) in [6, 6.07) is 11.6. The lowest BCUT2D eigenvalue weighted by Crippen LogP contribution is -2.38. The molecule has 0 unspecified atom stereocenters. The van der Waals surface area contributed by atoms with Crippen LogP contribution in [-0.4, -0.2) is 37.6 Å². The summed E-state index contributed by atoms with van der Waals surface area (Å²) in [5.74, 6) is 0. The maximum absolute atomic E-state index is 3.56. The van der Waals surface area contributed by atoms with Crippen molar-refractivity contribution >= 4 is 0 Å². The molecular formula is C17H28N2. The number of benzene rings is 1. The maximum Gasteiger partial charge on any atom is 0.0107 e. The summed E-state index contributed by atoms with van der Waals surface area (Å²) in [7, 11) is 2.29. The average molecular weight is 260 g/mol. The van der Waals surface area contributed by atoms with Gasteiger partial charge in [-0.15, -0.1) is 0 Å². The fourth-order valence-corrected chi connectivity index (χ4v) is 2.96. The Balaban J connectivity index is 1.54. The van der Waals surface area contributed by atoms with Crippen LogP contribution in [0.25, 0.3) is 0 Å². The molecule has 1 aromatic rings. The van der Waals surface area contributed by atoms with Crippen molar-refractivity contribution in [1.82, 2.24) is 10.2 Å². The van der Waals surface area contributed by atoms with E-state index in [0.717, 1.165) is 25.6 Å². The second-order valence-electron chi connectivity index (χ2n) is 5.76. The molecule has 0 bridgehead atoms. The van der Waals surface area contributed by atoms with Crippen molar-refractivity contribution in [1.29, 1.82) is 0 Å². The zero-order valence-corrected chi connectivity index (χ0v) is 12.3. The Morgan fingerprint density at radius 1 is 1.05 bits per heavy atom. The highest BCUT2D eigenvalue weighted by Gasteiger charge is 2.16. The van der Waals surface area contributed by atoms with Crippen molar-refractivity contribution in [2.75, 3.05) is 26.7 Å². The number of likely N-dealkylation sites (N-methyl/N-ethyl adjacent to an activating group) is 1. The minimum absolute atomic E-state index is 0.838. The molecule has 0 radical (unpaired) electrons. The van der Waals surface area contributed by atoms with Gasteiger partial charge in [-0.25, -0.2) is 0 Å². The Bertz CT molecular complexity index is 330. The van der Waals surface area contributed by atoms with Crippen LogP contribution < -0.4 is 5.32 Å². The van der Waals surface area contributed by atoms with Gasteiger partial charge in [0.15, 0.2) is 0 Å². The Kier molecular flexibility index (Phi) is 6.38. The molecule has 0 atom stereocenters. The van der Waals surface area contributed by atoms with Crippen LogP contribution in [0.5, 0.6) is 0 Å². The first-order valence-corrected chi connectivity index (χ1v) is 7.81. The molecule has 0 heterocycles. The zero-order valence-electron chi connectivity index (χ0n) is 12.3. The highest BCUT2D eigenvalue weighted by atomic mass is 15.1. The molecule has 2 nitrogen and oxygen atoms in total. The maximum atomic E-state index is 3.56. The van der Waals surface area contributed by atoms with Crippen molar-refractivity contribution in [2.24, 2.45) is 0 Å². The second kappa shape index (κ2) is 8.34. The van der Waals surface area contributed by atoms with Crippen LogP contribution in [0.3, 0.4) is 0 Å². The third kappa shape index (κ3) is 5.33. The van der Waals surface area contributed by atoms with Crippen molar-refractivity contribution in [3.8, 4) is 0 Å². The standard InChI is InChI=1S/C17H28N2/c1-19(17-10-6-3-7-11-17)15-14-18-13-12-16-8-4-2-5-9-16/h2,4-5,8-9,17-18H,3,6-7,10-15H2,1H3. The van der Waals surface area contributed by atoms with Gasteiger partial charge in [0.25, 0.3) is 0 Å². The summed E-state index contributed by atoms with van der Waals surface area (Å²) in [5, 5.41) is 3.56. The summed E-state index contributed by atoms with van der Waals surface area (Å²) in [4.78, 5) is 2.55.